The third-order valence-electron chi connectivity index (χ3n) is 2.86. The fraction of sp³-hybridized carbons (Fsp3) is 0.0667. The van der Waals surface area contributed by atoms with Crippen molar-refractivity contribution in [2.24, 2.45) is 0 Å². The molecule has 0 unspecified atom stereocenters. The maximum atomic E-state index is 12.0. The van der Waals surface area contributed by atoms with Gasteiger partial charge in [0.25, 0.3) is 0 Å². The Balaban J connectivity index is 1.72. The van der Waals surface area contributed by atoms with Crippen LogP contribution in [0.3, 0.4) is 0 Å². The Morgan fingerprint density at radius 3 is 2.95 bits per heavy atom. The van der Waals surface area contributed by atoms with Gasteiger partial charge in [-0.2, -0.15) is 0 Å². The van der Waals surface area contributed by atoms with Gasteiger partial charge in [0.05, 0.1) is 12.1 Å². The van der Waals surface area contributed by atoms with Gasteiger partial charge in [-0.05, 0) is 30.3 Å². The molecule has 1 N–H and O–H groups in total. The summed E-state index contributed by atoms with van der Waals surface area (Å²) in [6.45, 7) is 0. The van der Waals surface area contributed by atoms with Crippen LogP contribution in [0.5, 0.6) is 0 Å². The number of fused-ring (bicyclic) bond motifs is 1. The second-order valence-corrected chi connectivity index (χ2v) is 5.35. The van der Waals surface area contributed by atoms with Gasteiger partial charge >= 0.3 is 0 Å². The van der Waals surface area contributed by atoms with Crippen LogP contribution >= 0.6 is 15.9 Å². The molecular weight excluding hydrogens is 318 g/mol. The maximum absolute atomic E-state index is 12.0. The van der Waals surface area contributed by atoms with Gasteiger partial charge in [0, 0.05) is 22.6 Å². The number of aromatic nitrogens is 2. The van der Waals surface area contributed by atoms with E-state index in [0.717, 1.165) is 21.5 Å². The highest BCUT2D eigenvalue weighted by Crippen LogP contribution is 2.16. The first-order valence-corrected chi connectivity index (χ1v) is 6.98. The first-order valence-electron chi connectivity index (χ1n) is 6.19. The van der Waals surface area contributed by atoms with Gasteiger partial charge in [-0.25, -0.2) is 4.98 Å². The zero-order valence-electron chi connectivity index (χ0n) is 10.6. The number of nitrogens with one attached hydrogen (secondary N) is 1. The maximum Gasteiger partial charge on any atom is 0.230 e. The quantitative estimate of drug-likeness (QED) is 0.801. The fourth-order valence-corrected chi connectivity index (χ4v) is 2.41. The van der Waals surface area contributed by atoms with E-state index in [1.54, 1.807) is 0 Å². The lowest BCUT2D eigenvalue weighted by molar-refractivity contribution is -0.115. The number of carbonyl (C=O) groups excluding carboxylic acids is 1. The molecule has 2 aromatic heterocycles. The molecule has 0 radical (unpaired) electrons. The van der Waals surface area contributed by atoms with Crippen LogP contribution < -0.4 is 5.32 Å². The van der Waals surface area contributed by atoms with Gasteiger partial charge in [-0.15, -0.1) is 0 Å². The zero-order chi connectivity index (χ0) is 13.9. The summed E-state index contributed by atoms with van der Waals surface area (Å²) in [5.74, 6) is -0.0773. The van der Waals surface area contributed by atoms with Crippen LogP contribution in [0.15, 0.2) is 59.3 Å². The summed E-state index contributed by atoms with van der Waals surface area (Å²) < 4.78 is 2.84. The number of anilines is 1. The largest absolute Gasteiger partial charge is 0.326 e. The van der Waals surface area contributed by atoms with Crippen LogP contribution in [0.25, 0.3) is 5.65 Å². The van der Waals surface area contributed by atoms with Gasteiger partial charge < -0.3 is 9.72 Å². The van der Waals surface area contributed by atoms with Crippen molar-refractivity contribution < 1.29 is 4.79 Å². The van der Waals surface area contributed by atoms with Crippen molar-refractivity contribution in [2.75, 3.05) is 5.32 Å². The first-order chi connectivity index (χ1) is 9.70. The Labute approximate surface area is 124 Å². The van der Waals surface area contributed by atoms with E-state index in [-0.39, 0.29) is 12.3 Å². The number of benzene rings is 1. The van der Waals surface area contributed by atoms with E-state index in [4.69, 9.17) is 0 Å². The second kappa shape index (κ2) is 5.46. The Hall–Kier alpha value is -2.14. The number of amides is 1. The molecule has 3 rings (SSSR count). The van der Waals surface area contributed by atoms with Gasteiger partial charge in [0.2, 0.25) is 5.91 Å². The lowest BCUT2D eigenvalue weighted by Crippen LogP contribution is -2.14. The van der Waals surface area contributed by atoms with E-state index in [1.165, 1.54) is 0 Å². The lowest BCUT2D eigenvalue weighted by atomic mass is 10.3. The zero-order valence-corrected chi connectivity index (χ0v) is 12.2. The van der Waals surface area contributed by atoms with Gasteiger partial charge in [-0.3, -0.25) is 4.79 Å². The van der Waals surface area contributed by atoms with E-state index in [2.05, 4.69) is 26.2 Å². The molecule has 0 saturated heterocycles. The van der Waals surface area contributed by atoms with E-state index in [1.807, 2.05) is 59.3 Å². The van der Waals surface area contributed by atoms with Crippen molar-refractivity contribution in [3.63, 3.8) is 0 Å². The van der Waals surface area contributed by atoms with Crippen LogP contribution in [0.4, 0.5) is 5.69 Å². The Kier molecular flexibility index (Phi) is 3.52. The summed E-state index contributed by atoms with van der Waals surface area (Å²) in [4.78, 5) is 16.4. The average Bonchev–Trinajstić information content (AvgIpc) is 2.80. The highest BCUT2D eigenvalue weighted by atomic mass is 79.9. The molecule has 0 aliphatic carbocycles. The van der Waals surface area contributed by atoms with E-state index in [0.29, 0.717) is 0 Å². The van der Waals surface area contributed by atoms with Crippen molar-refractivity contribution in [3.8, 4) is 0 Å². The number of carbonyl (C=O) groups is 1. The van der Waals surface area contributed by atoms with Gasteiger partial charge in [0.1, 0.15) is 5.65 Å². The van der Waals surface area contributed by atoms with E-state index in [9.17, 15) is 4.79 Å². The smallest absolute Gasteiger partial charge is 0.230 e. The summed E-state index contributed by atoms with van der Waals surface area (Å²) in [5, 5.41) is 2.86. The third kappa shape index (κ3) is 2.88. The van der Waals surface area contributed by atoms with Crippen molar-refractivity contribution >= 4 is 33.2 Å². The van der Waals surface area contributed by atoms with E-state index < -0.39 is 0 Å². The third-order valence-corrected chi connectivity index (χ3v) is 3.36. The molecule has 1 amide bonds. The molecule has 0 aliphatic heterocycles. The molecule has 2 heterocycles. The molecule has 20 heavy (non-hydrogen) atoms. The van der Waals surface area contributed by atoms with Crippen molar-refractivity contribution in [2.45, 2.75) is 6.42 Å². The lowest BCUT2D eigenvalue weighted by Gasteiger charge is -2.03. The molecule has 0 saturated carbocycles. The standard InChI is InChI=1S/C15H12BrN3O/c16-11-4-3-5-12(8-11)18-15(20)9-13-10-19-7-2-1-6-14(19)17-13/h1-8,10H,9H2,(H,18,20). The Morgan fingerprint density at radius 2 is 2.15 bits per heavy atom. The van der Waals surface area contributed by atoms with Crippen LogP contribution in [-0.4, -0.2) is 15.3 Å². The minimum Gasteiger partial charge on any atom is -0.326 e. The predicted octanol–water partition coefficient (Wildman–Crippen LogP) is 3.28. The molecule has 3 aromatic rings. The van der Waals surface area contributed by atoms with Crippen LogP contribution in [0, 0.1) is 0 Å². The molecule has 0 bridgehead atoms. The summed E-state index contributed by atoms with van der Waals surface area (Å²) in [6, 6.07) is 13.3. The number of nitrogens with zero attached hydrogens (tertiary/aromatic N) is 2. The number of rotatable bonds is 3. The molecule has 0 aliphatic rings. The van der Waals surface area contributed by atoms with Crippen LogP contribution in [0.2, 0.25) is 0 Å². The minimum atomic E-state index is -0.0773. The Morgan fingerprint density at radius 1 is 1.25 bits per heavy atom. The second-order valence-electron chi connectivity index (χ2n) is 4.43. The highest BCUT2D eigenvalue weighted by Gasteiger charge is 2.08. The minimum absolute atomic E-state index is 0.0773. The number of halogens is 1. The normalized spacial score (nSPS) is 10.7. The molecule has 0 fully saturated rings. The average molecular weight is 330 g/mol. The highest BCUT2D eigenvalue weighted by molar-refractivity contribution is 9.10. The molecule has 0 atom stereocenters. The fourth-order valence-electron chi connectivity index (χ4n) is 2.01. The number of hydrogen-bond acceptors (Lipinski definition) is 2. The number of hydrogen-bond donors (Lipinski definition) is 1. The molecular formula is C15H12BrN3O. The summed E-state index contributed by atoms with van der Waals surface area (Å²) in [7, 11) is 0. The number of pyridine rings is 1. The summed E-state index contributed by atoms with van der Waals surface area (Å²) >= 11 is 3.38. The molecule has 1 aromatic carbocycles. The molecule has 4 nitrogen and oxygen atoms in total. The summed E-state index contributed by atoms with van der Waals surface area (Å²) in [6.07, 6.45) is 4.04. The molecule has 0 spiro atoms. The van der Waals surface area contributed by atoms with Crippen molar-refractivity contribution in [1.82, 2.24) is 9.38 Å². The van der Waals surface area contributed by atoms with Crippen molar-refractivity contribution in [1.29, 1.82) is 0 Å². The topological polar surface area (TPSA) is 46.4 Å². The Bertz CT molecular complexity index is 733. The molecule has 100 valence electrons. The van der Waals surface area contributed by atoms with Gasteiger partial charge in [-0.1, -0.05) is 28.1 Å². The van der Waals surface area contributed by atoms with Gasteiger partial charge in [0.15, 0.2) is 0 Å². The van der Waals surface area contributed by atoms with Crippen LogP contribution in [-0.2, 0) is 11.2 Å². The van der Waals surface area contributed by atoms with E-state index >= 15 is 0 Å². The first kappa shape index (κ1) is 12.9. The summed E-state index contributed by atoms with van der Waals surface area (Å²) in [5.41, 5.74) is 2.37. The monoisotopic (exact) mass is 329 g/mol. The van der Waals surface area contributed by atoms with Crippen molar-refractivity contribution in [3.05, 3.63) is 65.0 Å². The van der Waals surface area contributed by atoms with Crippen LogP contribution in [0.1, 0.15) is 5.69 Å². The SMILES string of the molecule is O=C(Cc1cn2ccccc2n1)Nc1cccc(Br)c1. The predicted molar refractivity (Wildman–Crippen MR) is 81.7 cm³/mol. The molecule has 5 heteroatoms. The number of imidazole rings is 1.